The summed E-state index contributed by atoms with van der Waals surface area (Å²) in [6.07, 6.45) is 1.78. The highest BCUT2D eigenvalue weighted by atomic mass is 35.5. The number of anilines is 1. The van der Waals surface area contributed by atoms with E-state index in [9.17, 15) is 9.59 Å². The summed E-state index contributed by atoms with van der Waals surface area (Å²) in [5, 5.41) is 3.48. The normalized spacial score (nSPS) is 30.3. The van der Waals surface area contributed by atoms with Crippen LogP contribution in [0.15, 0.2) is 48.5 Å². The fourth-order valence-electron chi connectivity index (χ4n) is 4.85. The van der Waals surface area contributed by atoms with Crippen LogP contribution < -0.4 is 10.1 Å². The zero-order valence-electron chi connectivity index (χ0n) is 14.4. The van der Waals surface area contributed by atoms with Crippen molar-refractivity contribution in [1.82, 2.24) is 0 Å². The summed E-state index contributed by atoms with van der Waals surface area (Å²) in [5.41, 5.74) is 0.678. The number of esters is 1. The predicted octanol–water partition coefficient (Wildman–Crippen LogP) is 4.27. The highest BCUT2D eigenvalue weighted by molar-refractivity contribution is 6.32. The van der Waals surface area contributed by atoms with Crippen molar-refractivity contribution >= 4 is 29.2 Å². The standard InChI is InChI=1S/C21H18ClNO4/c22-15-3-1-2-4-16(15)26-13-7-5-12(6-8-13)23-20(24)18-11-9-14-17(10-11)27-21(25)19(14)18/h1-8,11,14,17-19H,9-10H2,(H,23,24). The van der Waals surface area contributed by atoms with Crippen molar-refractivity contribution in [3.8, 4) is 11.5 Å². The SMILES string of the molecule is O=C(Nc1ccc(Oc2ccccc2Cl)cc1)C1C2CC3OC(=O)C1C3C2. The molecule has 1 aliphatic heterocycles. The zero-order chi connectivity index (χ0) is 18.5. The third-order valence-electron chi connectivity index (χ3n) is 5.97. The Labute approximate surface area is 161 Å². The van der Waals surface area contributed by atoms with Gasteiger partial charge in [0.15, 0.2) is 0 Å². The molecule has 6 heteroatoms. The maximum atomic E-state index is 12.8. The lowest BCUT2D eigenvalue weighted by molar-refractivity contribution is -0.145. The fourth-order valence-corrected chi connectivity index (χ4v) is 5.02. The van der Waals surface area contributed by atoms with E-state index in [1.165, 1.54) is 0 Å². The number of para-hydroxylation sites is 1. The van der Waals surface area contributed by atoms with Gasteiger partial charge in [-0.1, -0.05) is 23.7 Å². The molecule has 138 valence electrons. The number of carbonyl (C=O) groups excluding carboxylic acids is 2. The summed E-state index contributed by atoms with van der Waals surface area (Å²) in [6, 6.07) is 14.4. The van der Waals surface area contributed by atoms with Gasteiger partial charge in [-0.15, -0.1) is 0 Å². The molecular formula is C21H18ClNO4. The number of fused-ring (bicyclic) bond motifs is 1. The van der Waals surface area contributed by atoms with Gasteiger partial charge in [-0.05, 0) is 55.2 Å². The molecule has 2 aromatic carbocycles. The first-order valence-electron chi connectivity index (χ1n) is 9.14. The van der Waals surface area contributed by atoms with Crippen molar-refractivity contribution in [3.63, 3.8) is 0 Å². The number of benzene rings is 2. The molecule has 2 aliphatic carbocycles. The van der Waals surface area contributed by atoms with Gasteiger partial charge >= 0.3 is 5.97 Å². The Morgan fingerprint density at radius 2 is 1.89 bits per heavy atom. The van der Waals surface area contributed by atoms with Crippen molar-refractivity contribution in [2.45, 2.75) is 18.9 Å². The molecule has 0 aromatic heterocycles. The van der Waals surface area contributed by atoms with E-state index >= 15 is 0 Å². The molecule has 1 heterocycles. The number of hydrogen-bond acceptors (Lipinski definition) is 4. The Morgan fingerprint density at radius 1 is 1.11 bits per heavy atom. The Bertz CT molecular complexity index is 911. The molecule has 2 aromatic rings. The molecule has 3 aliphatic rings. The van der Waals surface area contributed by atoms with Crippen LogP contribution in [0.25, 0.3) is 0 Å². The van der Waals surface area contributed by atoms with Gasteiger partial charge in [0.1, 0.15) is 17.6 Å². The quantitative estimate of drug-likeness (QED) is 0.801. The number of amides is 1. The predicted molar refractivity (Wildman–Crippen MR) is 99.7 cm³/mol. The molecule has 2 saturated carbocycles. The molecule has 5 unspecified atom stereocenters. The lowest BCUT2D eigenvalue weighted by Crippen LogP contribution is -2.35. The second-order valence-corrected chi connectivity index (χ2v) is 7.88. The molecular weight excluding hydrogens is 366 g/mol. The van der Waals surface area contributed by atoms with E-state index in [1.807, 2.05) is 12.1 Å². The van der Waals surface area contributed by atoms with Crippen LogP contribution in [0.5, 0.6) is 11.5 Å². The minimum absolute atomic E-state index is 0.0396. The minimum atomic E-state index is -0.277. The van der Waals surface area contributed by atoms with Crippen molar-refractivity contribution in [2.24, 2.45) is 23.7 Å². The largest absolute Gasteiger partial charge is 0.462 e. The second-order valence-electron chi connectivity index (χ2n) is 7.47. The van der Waals surface area contributed by atoms with Crippen LogP contribution in [0.1, 0.15) is 12.8 Å². The van der Waals surface area contributed by atoms with Crippen LogP contribution in [0.2, 0.25) is 5.02 Å². The van der Waals surface area contributed by atoms with E-state index in [0.29, 0.717) is 22.2 Å². The Morgan fingerprint density at radius 3 is 2.67 bits per heavy atom. The van der Waals surface area contributed by atoms with Gasteiger partial charge in [-0.3, -0.25) is 9.59 Å². The molecule has 1 saturated heterocycles. The van der Waals surface area contributed by atoms with E-state index in [1.54, 1.807) is 36.4 Å². The van der Waals surface area contributed by atoms with E-state index in [2.05, 4.69) is 5.32 Å². The number of ether oxygens (including phenoxy) is 2. The van der Waals surface area contributed by atoms with Gasteiger partial charge in [-0.2, -0.15) is 0 Å². The van der Waals surface area contributed by atoms with Gasteiger partial charge in [0.2, 0.25) is 5.91 Å². The summed E-state index contributed by atoms with van der Waals surface area (Å²) < 4.78 is 11.2. The monoisotopic (exact) mass is 383 g/mol. The molecule has 2 bridgehead atoms. The number of rotatable bonds is 4. The first-order valence-corrected chi connectivity index (χ1v) is 9.52. The first kappa shape index (κ1) is 16.6. The molecule has 0 spiro atoms. The number of hydrogen-bond donors (Lipinski definition) is 1. The van der Waals surface area contributed by atoms with Crippen LogP contribution >= 0.6 is 11.6 Å². The highest BCUT2D eigenvalue weighted by Crippen LogP contribution is 2.57. The van der Waals surface area contributed by atoms with Gasteiger partial charge in [0.25, 0.3) is 0 Å². The average molecular weight is 384 g/mol. The van der Waals surface area contributed by atoms with Crippen molar-refractivity contribution in [1.29, 1.82) is 0 Å². The third kappa shape index (κ3) is 2.77. The highest BCUT2D eigenvalue weighted by Gasteiger charge is 2.63. The Kier molecular flexibility index (Phi) is 3.86. The van der Waals surface area contributed by atoms with Gasteiger partial charge in [0.05, 0.1) is 16.9 Å². The van der Waals surface area contributed by atoms with Crippen LogP contribution in [-0.2, 0) is 14.3 Å². The summed E-state index contributed by atoms with van der Waals surface area (Å²) >= 11 is 6.10. The molecule has 5 rings (SSSR count). The number of halogens is 1. The zero-order valence-corrected chi connectivity index (χ0v) is 15.2. The van der Waals surface area contributed by atoms with Crippen molar-refractivity contribution < 1.29 is 19.1 Å². The summed E-state index contributed by atoms with van der Waals surface area (Å²) in [7, 11) is 0. The van der Waals surface area contributed by atoms with E-state index in [0.717, 1.165) is 12.8 Å². The smallest absolute Gasteiger partial charge is 0.310 e. The van der Waals surface area contributed by atoms with Crippen molar-refractivity contribution in [2.75, 3.05) is 5.32 Å². The number of carbonyl (C=O) groups is 2. The molecule has 0 radical (unpaired) electrons. The van der Waals surface area contributed by atoms with Crippen LogP contribution in [0.3, 0.4) is 0 Å². The fraction of sp³-hybridized carbons (Fsp3) is 0.333. The molecule has 1 N–H and O–H groups in total. The van der Waals surface area contributed by atoms with Crippen LogP contribution in [0, 0.1) is 23.7 Å². The molecule has 27 heavy (non-hydrogen) atoms. The molecule has 1 amide bonds. The molecule has 5 atom stereocenters. The summed E-state index contributed by atoms with van der Waals surface area (Å²) in [4.78, 5) is 24.9. The van der Waals surface area contributed by atoms with Crippen molar-refractivity contribution in [3.05, 3.63) is 53.6 Å². The second kappa shape index (κ2) is 6.27. The molecule has 3 fully saturated rings. The van der Waals surface area contributed by atoms with E-state index in [4.69, 9.17) is 21.1 Å². The third-order valence-corrected chi connectivity index (χ3v) is 6.28. The van der Waals surface area contributed by atoms with E-state index < -0.39 is 0 Å². The maximum absolute atomic E-state index is 12.8. The van der Waals surface area contributed by atoms with Gasteiger partial charge in [-0.25, -0.2) is 0 Å². The number of nitrogens with one attached hydrogen (secondary N) is 1. The Hall–Kier alpha value is -2.53. The molecule has 5 nitrogen and oxygen atoms in total. The minimum Gasteiger partial charge on any atom is -0.462 e. The topological polar surface area (TPSA) is 64.6 Å². The Balaban J connectivity index is 1.27. The average Bonchev–Trinajstić information content (AvgIpc) is 3.27. The maximum Gasteiger partial charge on any atom is 0.310 e. The summed E-state index contributed by atoms with van der Waals surface area (Å²) in [6.45, 7) is 0. The van der Waals surface area contributed by atoms with Crippen LogP contribution in [-0.4, -0.2) is 18.0 Å². The lowest BCUT2D eigenvalue weighted by atomic mass is 9.79. The van der Waals surface area contributed by atoms with E-state index in [-0.39, 0.29) is 41.7 Å². The van der Waals surface area contributed by atoms with Gasteiger partial charge < -0.3 is 14.8 Å². The van der Waals surface area contributed by atoms with Gasteiger partial charge in [0, 0.05) is 11.6 Å². The first-order chi connectivity index (χ1) is 13.1. The van der Waals surface area contributed by atoms with Crippen LogP contribution in [0.4, 0.5) is 5.69 Å². The summed E-state index contributed by atoms with van der Waals surface area (Å²) in [5.74, 6) is 0.842. The lowest BCUT2D eigenvalue weighted by Gasteiger charge is -2.23.